The predicted molar refractivity (Wildman–Crippen MR) is 68.4 cm³/mol. The average Bonchev–Trinajstić information content (AvgIpc) is 2.37. The van der Waals surface area contributed by atoms with Crippen molar-refractivity contribution in [2.75, 3.05) is 19.8 Å². The van der Waals surface area contributed by atoms with Gasteiger partial charge >= 0.3 is 18.0 Å². The molecule has 114 valence electrons. The maximum absolute atomic E-state index is 12.0. The lowest BCUT2D eigenvalue weighted by Gasteiger charge is -2.34. The van der Waals surface area contributed by atoms with Crippen LogP contribution in [0.25, 0.3) is 0 Å². The van der Waals surface area contributed by atoms with Crippen molar-refractivity contribution in [3.63, 3.8) is 0 Å². The zero-order valence-electron chi connectivity index (χ0n) is 11.4. The number of hydrogen-bond donors (Lipinski definition) is 3. The molecule has 0 bridgehead atoms. The molecule has 0 aromatic heterocycles. The van der Waals surface area contributed by atoms with Crippen LogP contribution in [0.1, 0.15) is 26.2 Å². The molecule has 0 radical (unpaired) electrons. The standard InChI is InChI=1S/C12H20N2O6/c1-8-7-20-6-5-14(8)12(19)13-9(11(17)18)3-2-4-10(15)16/h8-9H,2-7H2,1H3,(H,13,19)(H,15,16)(H,17,18)/t8?,9-/m1/s1. The van der Waals surface area contributed by atoms with Crippen LogP contribution in [0.2, 0.25) is 0 Å². The monoisotopic (exact) mass is 288 g/mol. The molecule has 1 heterocycles. The third-order valence-electron chi connectivity index (χ3n) is 3.11. The summed E-state index contributed by atoms with van der Waals surface area (Å²) in [7, 11) is 0. The maximum atomic E-state index is 12.0. The van der Waals surface area contributed by atoms with E-state index < -0.39 is 24.0 Å². The van der Waals surface area contributed by atoms with E-state index in [4.69, 9.17) is 14.9 Å². The van der Waals surface area contributed by atoms with Crippen molar-refractivity contribution >= 4 is 18.0 Å². The van der Waals surface area contributed by atoms with E-state index in [1.165, 1.54) is 4.90 Å². The van der Waals surface area contributed by atoms with E-state index in [1.807, 2.05) is 6.92 Å². The first-order valence-electron chi connectivity index (χ1n) is 6.51. The maximum Gasteiger partial charge on any atom is 0.326 e. The van der Waals surface area contributed by atoms with Gasteiger partial charge in [0.05, 0.1) is 19.3 Å². The lowest BCUT2D eigenvalue weighted by Crippen LogP contribution is -2.54. The van der Waals surface area contributed by atoms with Crippen LogP contribution in [0.4, 0.5) is 4.79 Å². The SMILES string of the molecule is CC1COCCN1C(=O)N[C@H](CCCC(=O)O)C(=O)O. The number of urea groups is 1. The Balaban J connectivity index is 2.49. The Morgan fingerprint density at radius 3 is 2.65 bits per heavy atom. The largest absolute Gasteiger partial charge is 0.481 e. The Hall–Kier alpha value is -1.83. The zero-order valence-corrected chi connectivity index (χ0v) is 11.4. The highest BCUT2D eigenvalue weighted by Gasteiger charge is 2.27. The normalized spacial score (nSPS) is 20.2. The fourth-order valence-electron chi connectivity index (χ4n) is 1.98. The quantitative estimate of drug-likeness (QED) is 0.639. The third kappa shape index (κ3) is 5.04. The van der Waals surface area contributed by atoms with Crippen molar-refractivity contribution < 1.29 is 29.3 Å². The van der Waals surface area contributed by atoms with Crippen molar-refractivity contribution in [3.8, 4) is 0 Å². The zero-order chi connectivity index (χ0) is 15.1. The summed E-state index contributed by atoms with van der Waals surface area (Å²) in [4.78, 5) is 35.0. The van der Waals surface area contributed by atoms with Gasteiger partial charge in [0.2, 0.25) is 0 Å². The Morgan fingerprint density at radius 2 is 2.10 bits per heavy atom. The molecule has 2 amide bonds. The number of rotatable bonds is 6. The molecular weight excluding hydrogens is 268 g/mol. The fourth-order valence-corrected chi connectivity index (χ4v) is 1.98. The van der Waals surface area contributed by atoms with E-state index in [0.29, 0.717) is 19.8 Å². The van der Waals surface area contributed by atoms with Gasteiger partial charge in [-0.25, -0.2) is 9.59 Å². The van der Waals surface area contributed by atoms with Crippen LogP contribution in [-0.4, -0.2) is 64.9 Å². The Kier molecular flexibility index (Phi) is 6.23. The average molecular weight is 288 g/mol. The molecule has 1 aliphatic rings. The molecule has 1 rings (SSSR count). The molecule has 1 fully saturated rings. The van der Waals surface area contributed by atoms with Gasteiger partial charge in [-0.15, -0.1) is 0 Å². The van der Waals surface area contributed by atoms with Crippen molar-refractivity contribution in [1.82, 2.24) is 10.2 Å². The summed E-state index contributed by atoms with van der Waals surface area (Å²) in [5.41, 5.74) is 0. The van der Waals surface area contributed by atoms with Crippen LogP contribution in [0.5, 0.6) is 0 Å². The summed E-state index contributed by atoms with van der Waals surface area (Å²) in [6.07, 6.45) is 0.172. The lowest BCUT2D eigenvalue weighted by molar-refractivity contribution is -0.140. The van der Waals surface area contributed by atoms with Gasteiger partial charge in [-0.3, -0.25) is 4.79 Å². The van der Waals surface area contributed by atoms with Crippen LogP contribution in [0.15, 0.2) is 0 Å². The van der Waals surface area contributed by atoms with Gasteiger partial charge < -0.3 is 25.2 Å². The third-order valence-corrected chi connectivity index (χ3v) is 3.11. The van der Waals surface area contributed by atoms with Crippen LogP contribution in [-0.2, 0) is 14.3 Å². The molecule has 2 atom stereocenters. The second kappa shape index (κ2) is 7.68. The number of ether oxygens (including phenoxy) is 1. The van der Waals surface area contributed by atoms with Crippen LogP contribution in [0, 0.1) is 0 Å². The Morgan fingerprint density at radius 1 is 1.40 bits per heavy atom. The van der Waals surface area contributed by atoms with E-state index in [0.717, 1.165) is 0 Å². The molecule has 20 heavy (non-hydrogen) atoms. The number of carboxylic acids is 2. The molecule has 8 heteroatoms. The minimum absolute atomic E-state index is 0.0894. The molecule has 0 spiro atoms. The van der Waals surface area contributed by atoms with E-state index in [1.54, 1.807) is 0 Å². The Bertz CT molecular complexity index is 373. The fraction of sp³-hybridized carbons (Fsp3) is 0.750. The lowest BCUT2D eigenvalue weighted by atomic mass is 10.1. The van der Waals surface area contributed by atoms with Gasteiger partial charge in [0, 0.05) is 13.0 Å². The summed E-state index contributed by atoms with van der Waals surface area (Å²) >= 11 is 0. The van der Waals surface area contributed by atoms with E-state index >= 15 is 0 Å². The number of morpholine rings is 1. The number of aliphatic carboxylic acids is 2. The molecular formula is C12H20N2O6. The highest BCUT2D eigenvalue weighted by molar-refractivity contribution is 5.82. The molecule has 8 nitrogen and oxygen atoms in total. The smallest absolute Gasteiger partial charge is 0.326 e. The van der Waals surface area contributed by atoms with Crippen LogP contribution >= 0.6 is 0 Å². The number of nitrogens with zero attached hydrogens (tertiary/aromatic N) is 1. The molecule has 1 saturated heterocycles. The highest BCUT2D eigenvalue weighted by Crippen LogP contribution is 2.08. The Labute approximate surface area is 116 Å². The minimum Gasteiger partial charge on any atom is -0.481 e. The van der Waals surface area contributed by atoms with Crippen molar-refractivity contribution in [3.05, 3.63) is 0 Å². The number of nitrogens with one attached hydrogen (secondary N) is 1. The summed E-state index contributed by atoms with van der Waals surface area (Å²) in [5.74, 6) is -2.15. The first-order chi connectivity index (χ1) is 9.41. The summed E-state index contributed by atoms with van der Waals surface area (Å²) < 4.78 is 5.20. The second-order valence-corrected chi connectivity index (χ2v) is 4.74. The van der Waals surface area contributed by atoms with Crippen molar-refractivity contribution in [2.24, 2.45) is 0 Å². The molecule has 3 N–H and O–H groups in total. The van der Waals surface area contributed by atoms with Gasteiger partial charge in [0.15, 0.2) is 0 Å². The predicted octanol–water partition coefficient (Wildman–Crippen LogP) is 0.125. The van der Waals surface area contributed by atoms with Crippen LogP contribution in [0.3, 0.4) is 0 Å². The van der Waals surface area contributed by atoms with Crippen molar-refractivity contribution in [2.45, 2.75) is 38.3 Å². The summed E-state index contributed by atoms with van der Waals surface area (Å²) in [5, 5.41) is 20.0. The van der Waals surface area contributed by atoms with E-state index in [9.17, 15) is 14.4 Å². The minimum atomic E-state index is -1.16. The summed E-state index contributed by atoms with van der Waals surface area (Å²) in [6.45, 7) is 3.08. The van der Waals surface area contributed by atoms with Gasteiger partial charge in [-0.2, -0.15) is 0 Å². The molecule has 0 aromatic carbocycles. The van der Waals surface area contributed by atoms with Crippen LogP contribution < -0.4 is 5.32 Å². The van der Waals surface area contributed by atoms with Gasteiger partial charge in [-0.05, 0) is 19.8 Å². The van der Waals surface area contributed by atoms with E-state index in [2.05, 4.69) is 5.32 Å². The number of amides is 2. The molecule has 0 aromatic rings. The first-order valence-corrected chi connectivity index (χ1v) is 6.51. The summed E-state index contributed by atoms with van der Waals surface area (Å²) in [6, 6.07) is -1.64. The molecule has 1 aliphatic heterocycles. The number of carbonyl (C=O) groups is 3. The topological polar surface area (TPSA) is 116 Å². The molecule has 0 saturated carbocycles. The number of carbonyl (C=O) groups excluding carboxylic acids is 1. The molecule has 0 aliphatic carbocycles. The van der Waals surface area contributed by atoms with Crippen molar-refractivity contribution in [1.29, 1.82) is 0 Å². The van der Waals surface area contributed by atoms with Gasteiger partial charge in [0.25, 0.3) is 0 Å². The first kappa shape index (κ1) is 16.2. The highest BCUT2D eigenvalue weighted by atomic mass is 16.5. The van der Waals surface area contributed by atoms with Gasteiger partial charge in [0.1, 0.15) is 6.04 Å². The van der Waals surface area contributed by atoms with Gasteiger partial charge in [-0.1, -0.05) is 0 Å². The van der Waals surface area contributed by atoms with E-state index in [-0.39, 0.29) is 25.3 Å². The number of hydrogen-bond acceptors (Lipinski definition) is 4. The molecule has 1 unspecified atom stereocenters. The second-order valence-electron chi connectivity index (χ2n) is 4.74. The number of carboxylic acid groups (broad SMARTS) is 2.